The van der Waals surface area contributed by atoms with E-state index in [9.17, 15) is 0 Å². The summed E-state index contributed by atoms with van der Waals surface area (Å²) in [7, 11) is 1.99. The molecule has 1 radical (unpaired) electrons. The van der Waals surface area contributed by atoms with Gasteiger partial charge in [-0.05, 0) is 12.1 Å². The molecule has 0 aliphatic rings. The number of nitrogens with two attached hydrogens (primary N) is 1. The summed E-state index contributed by atoms with van der Waals surface area (Å²) in [5.74, 6) is 0. The largest absolute Gasteiger partial charge is 0.397 e. The van der Waals surface area contributed by atoms with Crippen molar-refractivity contribution in [3.63, 3.8) is 0 Å². The SMILES string of the molecule is C[B]c1ccc(NCCO)c(N)c1. The van der Waals surface area contributed by atoms with Gasteiger partial charge < -0.3 is 16.2 Å². The molecular formula is C9H14BN2O. The molecule has 1 aromatic carbocycles. The molecule has 0 bridgehead atoms. The number of hydrogen-bond donors (Lipinski definition) is 3. The highest BCUT2D eigenvalue weighted by Crippen LogP contribution is 2.14. The molecule has 4 N–H and O–H groups in total. The van der Waals surface area contributed by atoms with Crippen LogP contribution in [0.5, 0.6) is 0 Å². The molecule has 0 unspecified atom stereocenters. The first-order valence-corrected chi connectivity index (χ1v) is 4.31. The van der Waals surface area contributed by atoms with Crippen molar-refractivity contribution in [2.75, 3.05) is 24.2 Å². The van der Waals surface area contributed by atoms with E-state index in [0.29, 0.717) is 12.2 Å². The summed E-state index contributed by atoms with van der Waals surface area (Å²) in [6.07, 6.45) is 0. The molecule has 0 amide bonds. The predicted octanol–water partition coefficient (Wildman–Crippen LogP) is 0.0506. The number of anilines is 2. The zero-order chi connectivity index (χ0) is 9.68. The minimum absolute atomic E-state index is 0.112. The van der Waals surface area contributed by atoms with Gasteiger partial charge in [0.05, 0.1) is 18.0 Å². The fourth-order valence-electron chi connectivity index (χ4n) is 1.11. The Morgan fingerprint density at radius 2 is 2.31 bits per heavy atom. The molecule has 0 aromatic heterocycles. The Kier molecular flexibility index (Phi) is 3.64. The molecule has 1 aromatic rings. The Hall–Kier alpha value is -1.16. The van der Waals surface area contributed by atoms with Crippen LogP contribution in [-0.2, 0) is 0 Å². The number of aliphatic hydroxyl groups is 1. The monoisotopic (exact) mass is 177 g/mol. The third-order valence-corrected chi connectivity index (χ3v) is 1.84. The van der Waals surface area contributed by atoms with Crippen LogP contribution in [0.25, 0.3) is 0 Å². The van der Waals surface area contributed by atoms with Crippen molar-refractivity contribution in [3.05, 3.63) is 18.2 Å². The minimum atomic E-state index is 0.112. The minimum Gasteiger partial charge on any atom is -0.397 e. The highest BCUT2D eigenvalue weighted by atomic mass is 16.3. The number of nitrogens with one attached hydrogen (secondary N) is 1. The second-order valence-electron chi connectivity index (χ2n) is 2.79. The first-order valence-electron chi connectivity index (χ1n) is 4.31. The second-order valence-corrected chi connectivity index (χ2v) is 2.79. The van der Waals surface area contributed by atoms with Gasteiger partial charge in [-0.2, -0.15) is 0 Å². The first kappa shape index (κ1) is 9.93. The Morgan fingerprint density at radius 1 is 1.54 bits per heavy atom. The van der Waals surface area contributed by atoms with E-state index in [1.165, 1.54) is 0 Å². The van der Waals surface area contributed by atoms with Gasteiger partial charge in [-0.15, -0.1) is 0 Å². The number of rotatable bonds is 4. The molecule has 3 nitrogen and oxygen atoms in total. The van der Waals surface area contributed by atoms with Gasteiger partial charge in [0.2, 0.25) is 0 Å². The van der Waals surface area contributed by atoms with Crippen molar-refractivity contribution < 1.29 is 5.11 Å². The van der Waals surface area contributed by atoms with E-state index >= 15 is 0 Å². The molecule has 0 aliphatic heterocycles. The molecule has 0 saturated carbocycles. The van der Waals surface area contributed by atoms with Crippen molar-refractivity contribution >= 4 is 24.1 Å². The lowest BCUT2D eigenvalue weighted by Crippen LogP contribution is -2.13. The van der Waals surface area contributed by atoms with Crippen LogP contribution in [0, 0.1) is 0 Å². The Morgan fingerprint density at radius 3 is 2.85 bits per heavy atom. The lowest BCUT2D eigenvalue weighted by atomic mass is 9.73. The van der Waals surface area contributed by atoms with Gasteiger partial charge in [0, 0.05) is 6.54 Å². The van der Waals surface area contributed by atoms with Crippen LogP contribution in [0.15, 0.2) is 18.2 Å². The van der Waals surface area contributed by atoms with E-state index < -0.39 is 0 Å². The standard InChI is InChI=1S/C9H14BN2O/c1-10-7-2-3-9(8(11)6-7)12-4-5-13/h2-3,6,12-13H,4-5,11H2,1H3. The molecule has 1 rings (SSSR count). The second kappa shape index (κ2) is 4.77. The summed E-state index contributed by atoms with van der Waals surface area (Å²) in [4.78, 5) is 0. The first-order chi connectivity index (χ1) is 6.27. The van der Waals surface area contributed by atoms with Gasteiger partial charge in [0.15, 0.2) is 0 Å². The molecule has 0 fully saturated rings. The van der Waals surface area contributed by atoms with E-state index in [4.69, 9.17) is 10.8 Å². The smallest absolute Gasteiger partial charge is 0.148 e. The summed E-state index contributed by atoms with van der Waals surface area (Å²) in [5, 5.41) is 11.6. The van der Waals surface area contributed by atoms with Crippen LogP contribution >= 0.6 is 0 Å². The van der Waals surface area contributed by atoms with Crippen LogP contribution in [0.3, 0.4) is 0 Å². The molecule has 0 saturated heterocycles. The van der Waals surface area contributed by atoms with E-state index in [-0.39, 0.29) is 6.61 Å². The lowest BCUT2D eigenvalue weighted by molar-refractivity contribution is 0.311. The molecular weight excluding hydrogens is 163 g/mol. The van der Waals surface area contributed by atoms with Crippen LogP contribution in [0.1, 0.15) is 0 Å². The Bertz CT molecular complexity index is 278. The predicted molar refractivity (Wildman–Crippen MR) is 57.7 cm³/mol. The van der Waals surface area contributed by atoms with Crippen LogP contribution < -0.4 is 16.5 Å². The fraction of sp³-hybridized carbons (Fsp3) is 0.333. The van der Waals surface area contributed by atoms with Gasteiger partial charge in [-0.25, -0.2) is 0 Å². The van der Waals surface area contributed by atoms with E-state index in [1.807, 2.05) is 32.3 Å². The maximum atomic E-state index is 8.61. The Labute approximate surface area is 79.2 Å². The summed E-state index contributed by atoms with van der Waals surface area (Å²) in [6, 6.07) is 5.80. The summed E-state index contributed by atoms with van der Waals surface area (Å²) < 4.78 is 0. The third-order valence-electron chi connectivity index (χ3n) is 1.84. The van der Waals surface area contributed by atoms with Gasteiger partial charge in [-0.1, -0.05) is 18.4 Å². The molecule has 0 heterocycles. The van der Waals surface area contributed by atoms with Gasteiger partial charge >= 0.3 is 0 Å². The number of aliphatic hydroxyl groups excluding tert-OH is 1. The quantitative estimate of drug-likeness (QED) is 0.449. The molecule has 13 heavy (non-hydrogen) atoms. The maximum absolute atomic E-state index is 8.61. The van der Waals surface area contributed by atoms with Crippen molar-refractivity contribution in [1.29, 1.82) is 0 Å². The van der Waals surface area contributed by atoms with Gasteiger partial charge in [0.1, 0.15) is 7.28 Å². The van der Waals surface area contributed by atoms with E-state index in [1.54, 1.807) is 0 Å². The average molecular weight is 177 g/mol. The lowest BCUT2D eigenvalue weighted by Gasteiger charge is -2.08. The van der Waals surface area contributed by atoms with Crippen molar-refractivity contribution in [3.8, 4) is 0 Å². The molecule has 0 atom stereocenters. The molecule has 69 valence electrons. The van der Waals surface area contributed by atoms with Crippen molar-refractivity contribution in [2.24, 2.45) is 0 Å². The fourth-order valence-corrected chi connectivity index (χ4v) is 1.11. The normalized spacial score (nSPS) is 9.69. The van der Waals surface area contributed by atoms with E-state index in [0.717, 1.165) is 11.2 Å². The van der Waals surface area contributed by atoms with Gasteiger partial charge in [-0.3, -0.25) is 0 Å². The zero-order valence-electron chi connectivity index (χ0n) is 7.75. The summed E-state index contributed by atoms with van der Waals surface area (Å²) in [5.41, 5.74) is 8.46. The van der Waals surface area contributed by atoms with Crippen molar-refractivity contribution in [2.45, 2.75) is 6.82 Å². The highest BCUT2D eigenvalue weighted by molar-refractivity contribution is 6.52. The molecule has 0 aliphatic carbocycles. The number of nitrogen functional groups attached to an aromatic ring is 1. The zero-order valence-corrected chi connectivity index (χ0v) is 7.75. The number of hydrogen-bond acceptors (Lipinski definition) is 3. The highest BCUT2D eigenvalue weighted by Gasteiger charge is 1.98. The van der Waals surface area contributed by atoms with Crippen LogP contribution in [-0.4, -0.2) is 25.5 Å². The summed E-state index contributed by atoms with van der Waals surface area (Å²) >= 11 is 0. The van der Waals surface area contributed by atoms with E-state index in [2.05, 4.69) is 5.32 Å². The summed E-state index contributed by atoms with van der Waals surface area (Å²) in [6.45, 7) is 2.61. The van der Waals surface area contributed by atoms with Crippen molar-refractivity contribution in [1.82, 2.24) is 0 Å². The third kappa shape index (κ3) is 2.66. The maximum Gasteiger partial charge on any atom is 0.148 e. The molecule has 0 spiro atoms. The van der Waals surface area contributed by atoms with Crippen LogP contribution in [0.2, 0.25) is 6.82 Å². The van der Waals surface area contributed by atoms with Gasteiger partial charge in [0.25, 0.3) is 0 Å². The topological polar surface area (TPSA) is 58.3 Å². The van der Waals surface area contributed by atoms with Crippen LogP contribution in [0.4, 0.5) is 11.4 Å². The average Bonchev–Trinajstić information content (AvgIpc) is 2.16. The Balaban J connectivity index is 2.73. The molecule has 4 heteroatoms. The number of benzene rings is 1.